The predicted octanol–water partition coefficient (Wildman–Crippen LogP) is 3.59. The molecule has 0 fully saturated rings. The summed E-state index contributed by atoms with van der Waals surface area (Å²) in [4.78, 5) is 28.4. The molecule has 2 aromatic carbocycles. The standard InChI is InChI=1S/C21H21N3O3/c1-14-4-7-18(21(26)27-3)12-19(14)23-20(25)17-8-5-16(6-9-17)13-24-11-10-22-15(24)2/h4-12H,13H2,1-3H3,(H,23,25). The van der Waals surface area contributed by atoms with Gasteiger partial charge in [-0.2, -0.15) is 0 Å². The first-order chi connectivity index (χ1) is 13.0. The van der Waals surface area contributed by atoms with Crippen LogP contribution in [0.5, 0.6) is 0 Å². The molecule has 0 atom stereocenters. The number of hydrogen-bond donors (Lipinski definition) is 1. The molecule has 3 rings (SSSR count). The zero-order valence-corrected chi connectivity index (χ0v) is 15.5. The van der Waals surface area contributed by atoms with E-state index in [0.29, 0.717) is 23.4 Å². The third kappa shape index (κ3) is 4.23. The summed E-state index contributed by atoms with van der Waals surface area (Å²) in [6.45, 7) is 4.52. The fourth-order valence-electron chi connectivity index (χ4n) is 2.73. The Labute approximate surface area is 157 Å². The van der Waals surface area contributed by atoms with Crippen molar-refractivity contribution in [2.75, 3.05) is 12.4 Å². The predicted molar refractivity (Wildman–Crippen MR) is 103 cm³/mol. The Hall–Kier alpha value is -3.41. The number of carbonyl (C=O) groups excluding carboxylic acids is 2. The number of benzene rings is 2. The second-order valence-electron chi connectivity index (χ2n) is 6.27. The fourth-order valence-corrected chi connectivity index (χ4v) is 2.73. The molecule has 3 aromatic rings. The van der Waals surface area contributed by atoms with E-state index in [1.807, 2.05) is 36.7 Å². The lowest BCUT2D eigenvalue weighted by Gasteiger charge is -2.11. The van der Waals surface area contributed by atoms with Crippen LogP contribution in [0.4, 0.5) is 5.69 Å². The average Bonchev–Trinajstić information content (AvgIpc) is 3.08. The second-order valence-corrected chi connectivity index (χ2v) is 6.27. The summed E-state index contributed by atoms with van der Waals surface area (Å²) in [5, 5.41) is 2.86. The maximum absolute atomic E-state index is 12.6. The highest BCUT2D eigenvalue weighted by molar-refractivity contribution is 6.05. The number of nitrogens with one attached hydrogen (secondary N) is 1. The van der Waals surface area contributed by atoms with Crippen LogP contribution in [-0.4, -0.2) is 28.5 Å². The number of rotatable bonds is 5. The van der Waals surface area contributed by atoms with Crippen molar-refractivity contribution in [3.05, 3.63) is 82.9 Å². The van der Waals surface area contributed by atoms with Crippen molar-refractivity contribution in [3.63, 3.8) is 0 Å². The van der Waals surface area contributed by atoms with Gasteiger partial charge in [0.2, 0.25) is 0 Å². The number of imidazole rings is 1. The lowest BCUT2D eigenvalue weighted by atomic mass is 10.1. The Morgan fingerprint density at radius 3 is 2.41 bits per heavy atom. The summed E-state index contributed by atoms with van der Waals surface area (Å²) in [6.07, 6.45) is 3.69. The van der Waals surface area contributed by atoms with Crippen LogP contribution < -0.4 is 5.32 Å². The number of nitrogens with zero attached hydrogens (tertiary/aromatic N) is 2. The van der Waals surface area contributed by atoms with E-state index < -0.39 is 5.97 Å². The van der Waals surface area contributed by atoms with Crippen LogP contribution in [0.1, 0.15) is 37.7 Å². The minimum absolute atomic E-state index is 0.231. The first-order valence-electron chi connectivity index (χ1n) is 8.55. The van der Waals surface area contributed by atoms with Crippen LogP contribution in [0.15, 0.2) is 54.9 Å². The zero-order valence-electron chi connectivity index (χ0n) is 15.5. The van der Waals surface area contributed by atoms with Gasteiger partial charge in [0.25, 0.3) is 5.91 Å². The van der Waals surface area contributed by atoms with Crippen LogP contribution in [0.2, 0.25) is 0 Å². The molecule has 0 aliphatic heterocycles. The van der Waals surface area contributed by atoms with Gasteiger partial charge >= 0.3 is 5.97 Å². The van der Waals surface area contributed by atoms with Crippen molar-refractivity contribution in [1.29, 1.82) is 0 Å². The molecule has 6 heteroatoms. The maximum atomic E-state index is 12.6. The number of aryl methyl sites for hydroxylation is 2. The number of carbonyl (C=O) groups is 2. The van der Waals surface area contributed by atoms with Gasteiger partial charge in [-0.25, -0.2) is 9.78 Å². The Morgan fingerprint density at radius 1 is 1.07 bits per heavy atom. The third-order valence-electron chi connectivity index (χ3n) is 4.40. The number of amides is 1. The highest BCUT2D eigenvalue weighted by atomic mass is 16.5. The van der Waals surface area contributed by atoms with Gasteiger partial charge in [-0.3, -0.25) is 4.79 Å². The first kappa shape index (κ1) is 18.4. The molecule has 1 aromatic heterocycles. The van der Waals surface area contributed by atoms with Gasteiger partial charge in [-0.05, 0) is 49.2 Å². The molecule has 27 heavy (non-hydrogen) atoms. The van der Waals surface area contributed by atoms with Crippen LogP contribution in [-0.2, 0) is 11.3 Å². The average molecular weight is 363 g/mol. The SMILES string of the molecule is COC(=O)c1ccc(C)c(NC(=O)c2ccc(Cn3ccnc3C)cc2)c1. The topological polar surface area (TPSA) is 73.2 Å². The number of methoxy groups -OCH3 is 1. The largest absolute Gasteiger partial charge is 0.465 e. The Balaban J connectivity index is 1.73. The first-order valence-corrected chi connectivity index (χ1v) is 8.55. The lowest BCUT2D eigenvalue weighted by molar-refractivity contribution is 0.0600. The molecule has 0 aliphatic rings. The van der Waals surface area contributed by atoms with Gasteiger partial charge in [0.1, 0.15) is 5.82 Å². The van der Waals surface area contributed by atoms with Gasteiger partial charge in [-0.1, -0.05) is 18.2 Å². The number of hydrogen-bond acceptors (Lipinski definition) is 4. The Kier molecular flexibility index (Phi) is 5.35. The monoisotopic (exact) mass is 363 g/mol. The molecule has 1 amide bonds. The van der Waals surface area contributed by atoms with E-state index in [1.54, 1.807) is 36.5 Å². The quantitative estimate of drug-likeness (QED) is 0.703. The van der Waals surface area contributed by atoms with E-state index in [0.717, 1.165) is 17.0 Å². The minimum atomic E-state index is -0.440. The fraction of sp³-hybridized carbons (Fsp3) is 0.190. The third-order valence-corrected chi connectivity index (χ3v) is 4.40. The normalized spacial score (nSPS) is 10.5. The number of aromatic nitrogens is 2. The summed E-state index contributed by atoms with van der Waals surface area (Å²) in [5.41, 5.74) is 3.47. The van der Waals surface area contributed by atoms with Gasteiger partial charge in [0.05, 0.1) is 12.7 Å². The van der Waals surface area contributed by atoms with Gasteiger partial charge in [-0.15, -0.1) is 0 Å². The molecule has 0 saturated heterocycles. The minimum Gasteiger partial charge on any atom is -0.465 e. The van der Waals surface area contributed by atoms with Crippen molar-refractivity contribution >= 4 is 17.6 Å². The molecule has 6 nitrogen and oxygen atoms in total. The van der Waals surface area contributed by atoms with Crippen molar-refractivity contribution < 1.29 is 14.3 Å². The molecule has 0 spiro atoms. The van der Waals surface area contributed by atoms with Crippen LogP contribution in [0.25, 0.3) is 0 Å². The summed E-state index contributed by atoms with van der Waals surface area (Å²) < 4.78 is 6.77. The molecule has 0 aliphatic carbocycles. The van der Waals surface area contributed by atoms with E-state index >= 15 is 0 Å². The molecular weight excluding hydrogens is 342 g/mol. The van der Waals surface area contributed by atoms with E-state index in [-0.39, 0.29) is 5.91 Å². The van der Waals surface area contributed by atoms with E-state index in [2.05, 4.69) is 10.3 Å². The number of anilines is 1. The van der Waals surface area contributed by atoms with Crippen molar-refractivity contribution in [1.82, 2.24) is 9.55 Å². The summed E-state index contributed by atoms with van der Waals surface area (Å²) >= 11 is 0. The zero-order chi connectivity index (χ0) is 19.4. The molecule has 1 heterocycles. The van der Waals surface area contributed by atoms with Gasteiger partial charge in [0, 0.05) is 30.2 Å². The van der Waals surface area contributed by atoms with Crippen molar-refractivity contribution in [2.24, 2.45) is 0 Å². The molecule has 0 radical (unpaired) electrons. The summed E-state index contributed by atoms with van der Waals surface area (Å²) in [6, 6.07) is 12.5. The number of esters is 1. The summed E-state index contributed by atoms with van der Waals surface area (Å²) in [5.74, 6) is 0.271. The maximum Gasteiger partial charge on any atom is 0.337 e. The molecule has 138 valence electrons. The number of ether oxygens (including phenoxy) is 1. The summed E-state index contributed by atoms with van der Waals surface area (Å²) in [7, 11) is 1.33. The van der Waals surface area contributed by atoms with Crippen LogP contribution >= 0.6 is 0 Å². The Morgan fingerprint density at radius 2 is 1.78 bits per heavy atom. The van der Waals surface area contributed by atoms with E-state index in [1.165, 1.54) is 7.11 Å². The van der Waals surface area contributed by atoms with Crippen molar-refractivity contribution in [3.8, 4) is 0 Å². The highest BCUT2D eigenvalue weighted by Gasteiger charge is 2.12. The molecule has 1 N–H and O–H groups in total. The highest BCUT2D eigenvalue weighted by Crippen LogP contribution is 2.19. The smallest absolute Gasteiger partial charge is 0.337 e. The van der Waals surface area contributed by atoms with E-state index in [4.69, 9.17) is 4.74 Å². The lowest BCUT2D eigenvalue weighted by Crippen LogP contribution is -2.14. The van der Waals surface area contributed by atoms with Crippen molar-refractivity contribution in [2.45, 2.75) is 20.4 Å². The van der Waals surface area contributed by atoms with Gasteiger partial charge in [0.15, 0.2) is 0 Å². The molecular formula is C21H21N3O3. The Bertz CT molecular complexity index is 975. The molecule has 0 saturated carbocycles. The van der Waals surface area contributed by atoms with E-state index in [9.17, 15) is 9.59 Å². The van der Waals surface area contributed by atoms with Crippen LogP contribution in [0, 0.1) is 13.8 Å². The molecule has 0 unspecified atom stereocenters. The second kappa shape index (κ2) is 7.86. The molecule has 0 bridgehead atoms. The van der Waals surface area contributed by atoms with Gasteiger partial charge < -0.3 is 14.6 Å². The van der Waals surface area contributed by atoms with Crippen LogP contribution in [0.3, 0.4) is 0 Å².